The van der Waals surface area contributed by atoms with Gasteiger partial charge >= 0.3 is 0 Å². The third-order valence-corrected chi connectivity index (χ3v) is 9.40. The maximum Gasteiger partial charge on any atom is 0.143 e. The molecular weight excluding hydrogens is 520 g/mol. The van der Waals surface area contributed by atoms with Crippen molar-refractivity contribution in [1.29, 1.82) is 0 Å². The van der Waals surface area contributed by atoms with E-state index in [9.17, 15) is 0 Å². The van der Waals surface area contributed by atoms with E-state index in [4.69, 9.17) is 4.42 Å². The van der Waals surface area contributed by atoms with Crippen molar-refractivity contribution >= 4 is 86.6 Å². The fourth-order valence-corrected chi connectivity index (χ4v) is 7.49. The molecule has 1 heterocycles. The second-order valence-corrected chi connectivity index (χ2v) is 11.6. The molecule has 0 radical (unpaired) electrons. The van der Waals surface area contributed by atoms with Crippen molar-refractivity contribution < 1.29 is 4.42 Å². The lowest BCUT2D eigenvalue weighted by atomic mass is 9.86. The van der Waals surface area contributed by atoms with Crippen LogP contribution in [0.5, 0.6) is 0 Å². The molecule has 0 aliphatic heterocycles. The third-order valence-electron chi connectivity index (χ3n) is 9.40. The van der Waals surface area contributed by atoms with Crippen molar-refractivity contribution in [2.45, 2.75) is 0 Å². The number of fused-ring (bicyclic) bond motifs is 16. The SMILES string of the molecule is c1ccc2c(c1)ccc1c3cc(-c4ccc5c6ccccc6c6c7ccccc7c7ccccc7c6c5c4)ccc3oc21. The minimum absolute atomic E-state index is 0.921. The first-order valence-corrected chi connectivity index (χ1v) is 14.9. The van der Waals surface area contributed by atoms with E-state index in [1.807, 2.05) is 0 Å². The number of furan rings is 1. The lowest BCUT2D eigenvalue weighted by molar-refractivity contribution is 0.672. The average Bonchev–Trinajstić information content (AvgIpc) is 3.46. The van der Waals surface area contributed by atoms with E-state index in [-0.39, 0.29) is 0 Å². The highest BCUT2D eigenvalue weighted by atomic mass is 16.3. The van der Waals surface area contributed by atoms with Gasteiger partial charge in [-0.1, -0.05) is 121 Å². The van der Waals surface area contributed by atoms with E-state index in [2.05, 4.69) is 146 Å². The number of rotatable bonds is 1. The highest BCUT2D eigenvalue weighted by molar-refractivity contribution is 6.39. The number of benzene rings is 9. The summed E-state index contributed by atoms with van der Waals surface area (Å²) in [6, 6.07) is 53.1. The third kappa shape index (κ3) is 3.11. The van der Waals surface area contributed by atoms with Crippen LogP contribution in [0.3, 0.4) is 0 Å². The van der Waals surface area contributed by atoms with Gasteiger partial charge in [-0.25, -0.2) is 0 Å². The van der Waals surface area contributed by atoms with E-state index in [0.717, 1.165) is 27.3 Å². The summed E-state index contributed by atoms with van der Waals surface area (Å²) in [6.07, 6.45) is 0. The second-order valence-electron chi connectivity index (χ2n) is 11.6. The van der Waals surface area contributed by atoms with Gasteiger partial charge in [-0.2, -0.15) is 0 Å². The van der Waals surface area contributed by atoms with Crippen molar-refractivity contribution in [3.63, 3.8) is 0 Å². The minimum atomic E-state index is 0.921. The smallest absolute Gasteiger partial charge is 0.143 e. The largest absolute Gasteiger partial charge is 0.455 e. The standard InChI is InChI=1S/C42H24O/c1-2-10-28-25(9-1)17-21-36-37-23-27(19-22-39(37)43-42(28)36)26-18-20-32-31-13-5-7-15-34(31)40-33-14-6-3-11-29(33)30-12-4-8-16-35(30)41(40)38(32)24-26/h1-24H. The number of hydrogen-bond acceptors (Lipinski definition) is 1. The van der Waals surface area contributed by atoms with Crippen LogP contribution in [-0.4, -0.2) is 0 Å². The van der Waals surface area contributed by atoms with E-state index in [0.29, 0.717) is 0 Å². The zero-order valence-corrected chi connectivity index (χ0v) is 23.3. The van der Waals surface area contributed by atoms with Crippen molar-refractivity contribution in [2.24, 2.45) is 0 Å². The topological polar surface area (TPSA) is 13.1 Å². The maximum atomic E-state index is 6.42. The van der Waals surface area contributed by atoms with Gasteiger partial charge in [-0.3, -0.25) is 0 Å². The minimum Gasteiger partial charge on any atom is -0.455 e. The molecule has 0 spiro atoms. The van der Waals surface area contributed by atoms with Crippen LogP contribution in [-0.2, 0) is 0 Å². The first kappa shape index (κ1) is 23.0. The van der Waals surface area contributed by atoms with E-state index >= 15 is 0 Å². The molecular formula is C42H24O. The van der Waals surface area contributed by atoms with E-state index in [1.54, 1.807) is 0 Å². The second kappa shape index (κ2) is 8.44. The molecule has 1 nitrogen and oxygen atoms in total. The van der Waals surface area contributed by atoms with Gasteiger partial charge in [-0.15, -0.1) is 0 Å². The fraction of sp³-hybridized carbons (Fsp3) is 0. The summed E-state index contributed by atoms with van der Waals surface area (Å²) in [4.78, 5) is 0. The molecule has 0 bridgehead atoms. The summed E-state index contributed by atoms with van der Waals surface area (Å²) >= 11 is 0. The van der Waals surface area contributed by atoms with Crippen molar-refractivity contribution in [3.05, 3.63) is 146 Å². The molecule has 0 aliphatic rings. The van der Waals surface area contributed by atoms with Crippen LogP contribution in [0.2, 0.25) is 0 Å². The van der Waals surface area contributed by atoms with Crippen molar-refractivity contribution in [2.75, 3.05) is 0 Å². The molecule has 43 heavy (non-hydrogen) atoms. The zero-order valence-electron chi connectivity index (χ0n) is 23.3. The molecule has 9 aromatic carbocycles. The number of hydrogen-bond donors (Lipinski definition) is 0. The van der Waals surface area contributed by atoms with E-state index < -0.39 is 0 Å². The molecule has 0 aliphatic carbocycles. The van der Waals surface area contributed by atoms with Crippen LogP contribution in [0.1, 0.15) is 0 Å². The molecule has 0 fully saturated rings. The Morgan fingerprint density at radius 1 is 0.302 bits per heavy atom. The summed E-state index contributed by atoms with van der Waals surface area (Å²) < 4.78 is 6.42. The lowest BCUT2D eigenvalue weighted by Crippen LogP contribution is -1.89. The highest BCUT2D eigenvalue weighted by Crippen LogP contribution is 2.45. The molecule has 10 aromatic rings. The van der Waals surface area contributed by atoms with Crippen molar-refractivity contribution in [3.8, 4) is 11.1 Å². The van der Waals surface area contributed by atoms with Crippen LogP contribution in [0.25, 0.3) is 97.7 Å². The summed E-state index contributed by atoms with van der Waals surface area (Å²) in [5.74, 6) is 0. The zero-order chi connectivity index (χ0) is 28.1. The molecule has 0 N–H and O–H groups in total. The summed E-state index contributed by atoms with van der Waals surface area (Å²) in [5.41, 5.74) is 4.28. The first-order valence-electron chi connectivity index (χ1n) is 14.9. The Kier molecular flexibility index (Phi) is 4.51. The summed E-state index contributed by atoms with van der Waals surface area (Å²) in [5, 5.41) is 17.7. The van der Waals surface area contributed by atoms with Crippen LogP contribution < -0.4 is 0 Å². The van der Waals surface area contributed by atoms with Crippen LogP contribution in [0, 0.1) is 0 Å². The van der Waals surface area contributed by atoms with E-state index in [1.165, 1.54) is 70.4 Å². The Labute approximate surface area is 247 Å². The molecule has 0 saturated heterocycles. The molecule has 0 amide bonds. The average molecular weight is 545 g/mol. The quantitative estimate of drug-likeness (QED) is 0.187. The normalized spacial score (nSPS) is 12.2. The Bertz CT molecular complexity index is 2760. The van der Waals surface area contributed by atoms with Gasteiger partial charge in [0.05, 0.1) is 0 Å². The lowest BCUT2D eigenvalue weighted by Gasteiger charge is -2.17. The van der Waals surface area contributed by atoms with Crippen LogP contribution >= 0.6 is 0 Å². The predicted molar refractivity (Wildman–Crippen MR) is 184 cm³/mol. The predicted octanol–water partition coefficient (Wildman–Crippen LogP) is 12.2. The molecule has 10 rings (SSSR count). The Hall–Kier alpha value is -5.66. The van der Waals surface area contributed by atoms with Gasteiger partial charge in [0.2, 0.25) is 0 Å². The van der Waals surface area contributed by atoms with Gasteiger partial charge < -0.3 is 4.42 Å². The summed E-state index contributed by atoms with van der Waals surface area (Å²) in [7, 11) is 0. The van der Waals surface area contributed by atoms with Gasteiger partial charge in [0, 0.05) is 16.2 Å². The maximum absolute atomic E-state index is 6.42. The Morgan fingerprint density at radius 3 is 1.42 bits per heavy atom. The molecule has 1 heteroatoms. The van der Waals surface area contributed by atoms with Crippen molar-refractivity contribution in [1.82, 2.24) is 0 Å². The first-order chi connectivity index (χ1) is 21.3. The van der Waals surface area contributed by atoms with Gasteiger partial charge in [0.15, 0.2) is 0 Å². The molecule has 0 saturated carbocycles. The molecule has 198 valence electrons. The Balaban J connectivity index is 1.33. The molecule has 1 aromatic heterocycles. The Morgan fingerprint density at radius 2 is 0.767 bits per heavy atom. The molecule has 0 atom stereocenters. The summed E-state index contributed by atoms with van der Waals surface area (Å²) in [6.45, 7) is 0. The van der Waals surface area contributed by atoms with Gasteiger partial charge in [-0.05, 0) is 94.6 Å². The highest BCUT2D eigenvalue weighted by Gasteiger charge is 2.17. The van der Waals surface area contributed by atoms with Crippen LogP contribution in [0.15, 0.2) is 150 Å². The molecule has 0 unspecified atom stereocenters. The fourth-order valence-electron chi connectivity index (χ4n) is 7.49. The van der Waals surface area contributed by atoms with Gasteiger partial charge in [0.1, 0.15) is 11.2 Å². The van der Waals surface area contributed by atoms with Crippen LogP contribution in [0.4, 0.5) is 0 Å². The van der Waals surface area contributed by atoms with Gasteiger partial charge in [0.25, 0.3) is 0 Å². The monoisotopic (exact) mass is 544 g/mol.